The van der Waals surface area contributed by atoms with Gasteiger partial charge in [-0.25, -0.2) is 17.9 Å². The fraction of sp³-hybridized carbons (Fsp3) is 0.500. The molecule has 0 radical (unpaired) electrons. The summed E-state index contributed by atoms with van der Waals surface area (Å²) in [5.74, 6) is 0.645. The highest BCUT2D eigenvalue weighted by atomic mass is 32.2. The number of hydrogen-bond acceptors (Lipinski definition) is 6. The Morgan fingerprint density at radius 1 is 1.21 bits per heavy atom. The van der Waals surface area contributed by atoms with Crippen LogP contribution < -0.4 is 9.46 Å². The van der Waals surface area contributed by atoms with Gasteiger partial charge in [0.1, 0.15) is 18.0 Å². The predicted octanol–water partition coefficient (Wildman–Crippen LogP) is 3.62. The van der Waals surface area contributed by atoms with E-state index in [1.54, 1.807) is 17.3 Å². The Balaban J connectivity index is 1.56. The normalized spacial score (nSPS) is 16.2. The van der Waals surface area contributed by atoms with E-state index in [1.807, 2.05) is 45.0 Å². The molecule has 2 aromatic rings. The van der Waals surface area contributed by atoms with E-state index in [1.165, 1.54) is 0 Å². The molecule has 0 bridgehead atoms. The molecular formula is C24H33N3O5S. The molecule has 1 aromatic carbocycles. The summed E-state index contributed by atoms with van der Waals surface area (Å²) in [6.07, 6.45) is 6.67. The van der Waals surface area contributed by atoms with Gasteiger partial charge >= 0.3 is 6.09 Å². The molecule has 0 unspecified atom stereocenters. The van der Waals surface area contributed by atoms with Crippen molar-refractivity contribution >= 4 is 16.1 Å². The van der Waals surface area contributed by atoms with Gasteiger partial charge in [-0.05, 0) is 57.2 Å². The van der Waals surface area contributed by atoms with Crippen LogP contribution in [0.1, 0.15) is 39.2 Å². The quantitative estimate of drug-likeness (QED) is 0.557. The van der Waals surface area contributed by atoms with Crippen molar-refractivity contribution in [3.8, 4) is 16.9 Å². The van der Waals surface area contributed by atoms with E-state index in [9.17, 15) is 13.2 Å². The first kappa shape index (κ1) is 25.0. The maximum absolute atomic E-state index is 12.3. The number of nitrogens with one attached hydrogen (secondary N) is 1. The van der Waals surface area contributed by atoms with Crippen LogP contribution in [-0.2, 0) is 21.2 Å². The van der Waals surface area contributed by atoms with E-state index < -0.39 is 15.6 Å². The van der Waals surface area contributed by atoms with Crippen LogP contribution in [0, 0.1) is 0 Å². The van der Waals surface area contributed by atoms with E-state index in [2.05, 4.69) is 15.8 Å². The van der Waals surface area contributed by atoms with Gasteiger partial charge in [0.05, 0.1) is 18.5 Å². The maximum atomic E-state index is 12.3. The highest BCUT2D eigenvalue weighted by molar-refractivity contribution is 7.88. The van der Waals surface area contributed by atoms with Crippen LogP contribution in [0.2, 0.25) is 0 Å². The number of likely N-dealkylation sites (tertiary alicyclic amines) is 1. The third kappa shape index (κ3) is 8.01. The fourth-order valence-corrected chi connectivity index (χ4v) is 3.99. The molecule has 33 heavy (non-hydrogen) atoms. The van der Waals surface area contributed by atoms with Crippen molar-refractivity contribution in [3.63, 3.8) is 0 Å². The molecular weight excluding hydrogens is 442 g/mol. The molecule has 0 aliphatic carbocycles. The second-order valence-corrected chi connectivity index (χ2v) is 11.1. The first-order valence-corrected chi connectivity index (χ1v) is 13.0. The van der Waals surface area contributed by atoms with Crippen LogP contribution in [0.25, 0.3) is 11.1 Å². The molecule has 1 N–H and O–H groups in total. The first-order chi connectivity index (χ1) is 15.5. The lowest BCUT2D eigenvalue weighted by atomic mass is 10.0. The third-order valence-electron chi connectivity index (χ3n) is 5.19. The molecule has 1 saturated heterocycles. The predicted molar refractivity (Wildman–Crippen MR) is 128 cm³/mol. The number of carbonyl (C=O) groups excluding carboxylic acids is 1. The molecule has 180 valence electrons. The molecule has 1 aliphatic rings. The zero-order valence-corrected chi connectivity index (χ0v) is 20.5. The van der Waals surface area contributed by atoms with Gasteiger partial charge in [-0.2, -0.15) is 0 Å². The topological polar surface area (TPSA) is 97.8 Å². The van der Waals surface area contributed by atoms with Gasteiger partial charge in [-0.1, -0.05) is 24.3 Å². The van der Waals surface area contributed by atoms with Crippen LogP contribution in [0.3, 0.4) is 0 Å². The SMILES string of the molecule is CC(C)(C)OC(=O)N1CC[C@H]1COc1cncc(-c2cccc(CCCNS(C)(=O)=O)c2)c1. The van der Waals surface area contributed by atoms with Crippen molar-refractivity contribution < 1.29 is 22.7 Å². The maximum Gasteiger partial charge on any atom is 0.410 e. The Bertz CT molecular complexity index is 1070. The molecule has 1 amide bonds. The van der Waals surface area contributed by atoms with Crippen molar-refractivity contribution in [2.24, 2.45) is 0 Å². The Kier molecular flexibility index (Phi) is 7.97. The summed E-state index contributed by atoms with van der Waals surface area (Å²) >= 11 is 0. The largest absolute Gasteiger partial charge is 0.490 e. The number of hydrogen-bond donors (Lipinski definition) is 1. The molecule has 8 nitrogen and oxygen atoms in total. The van der Waals surface area contributed by atoms with Gasteiger partial charge in [0.25, 0.3) is 0 Å². The monoisotopic (exact) mass is 475 g/mol. The summed E-state index contributed by atoms with van der Waals surface area (Å²) in [4.78, 5) is 18.3. The lowest BCUT2D eigenvalue weighted by molar-refractivity contribution is -0.0141. The smallest absolute Gasteiger partial charge is 0.410 e. The number of ether oxygens (including phenoxy) is 2. The minimum atomic E-state index is -3.16. The lowest BCUT2D eigenvalue weighted by Gasteiger charge is -2.40. The number of nitrogens with zero attached hydrogens (tertiary/aromatic N) is 2. The van der Waals surface area contributed by atoms with Crippen LogP contribution in [0.5, 0.6) is 5.75 Å². The van der Waals surface area contributed by atoms with E-state index in [4.69, 9.17) is 9.47 Å². The Labute approximate surface area is 196 Å². The summed E-state index contributed by atoms with van der Waals surface area (Å²) in [5.41, 5.74) is 2.55. The van der Waals surface area contributed by atoms with Crippen LogP contribution in [-0.4, -0.2) is 62.0 Å². The van der Waals surface area contributed by atoms with Gasteiger partial charge in [0.15, 0.2) is 0 Å². The standard InChI is InChI=1S/C24H33N3O5S/c1-24(2,3)32-23(28)27-12-10-21(27)17-31-22-14-20(15-25-16-22)19-9-5-7-18(13-19)8-6-11-26-33(4,29)30/h5,7,9,13-16,21,26H,6,8,10-12,17H2,1-4H3/t21-/m0/s1. The fourth-order valence-electron chi connectivity index (χ4n) is 3.48. The van der Waals surface area contributed by atoms with Crippen LogP contribution in [0.15, 0.2) is 42.7 Å². The number of pyridine rings is 1. The van der Waals surface area contributed by atoms with Gasteiger partial charge in [-0.3, -0.25) is 4.98 Å². The minimum Gasteiger partial charge on any atom is -0.490 e. The molecule has 1 atom stereocenters. The van der Waals surface area contributed by atoms with Crippen molar-refractivity contribution in [1.82, 2.24) is 14.6 Å². The number of benzene rings is 1. The van der Waals surface area contributed by atoms with Gasteiger partial charge in [0, 0.05) is 24.8 Å². The number of amides is 1. The number of carbonyl (C=O) groups is 1. The van der Waals surface area contributed by atoms with E-state index >= 15 is 0 Å². The third-order valence-corrected chi connectivity index (χ3v) is 5.92. The molecule has 1 aromatic heterocycles. The van der Waals surface area contributed by atoms with E-state index in [0.29, 0.717) is 31.9 Å². The summed E-state index contributed by atoms with van der Waals surface area (Å²) in [6, 6.07) is 10.0. The van der Waals surface area contributed by atoms with Crippen molar-refractivity contribution in [2.45, 2.75) is 51.7 Å². The second kappa shape index (κ2) is 10.5. The van der Waals surface area contributed by atoms with Crippen molar-refractivity contribution in [3.05, 3.63) is 48.3 Å². The Hall–Kier alpha value is -2.65. The molecule has 0 spiro atoms. The summed E-state index contributed by atoms with van der Waals surface area (Å²) in [7, 11) is -3.16. The number of aryl methyl sites for hydroxylation is 1. The van der Waals surface area contributed by atoms with Gasteiger partial charge < -0.3 is 14.4 Å². The van der Waals surface area contributed by atoms with Gasteiger partial charge in [0.2, 0.25) is 10.0 Å². The number of rotatable bonds is 9. The molecule has 2 heterocycles. The van der Waals surface area contributed by atoms with E-state index in [0.717, 1.165) is 35.8 Å². The number of aromatic nitrogens is 1. The average molecular weight is 476 g/mol. The summed E-state index contributed by atoms with van der Waals surface area (Å²) in [5, 5.41) is 0. The highest BCUT2D eigenvalue weighted by Gasteiger charge is 2.35. The average Bonchev–Trinajstić information content (AvgIpc) is 2.69. The van der Waals surface area contributed by atoms with Crippen LogP contribution >= 0.6 is 0 Å². The molecule has 1 fully saturated rings. The first-order valence-electron chi connectivity index (χ1n) is 11.1. The molecule has 9 heteroatoms. The van der Waals surface area contributed by atoms with Gasteiger partial charge in [-0.15, -0.1) is 0 Å². The molecule has 3 rings (SSSR count). The Morgan fingerprint density at radius 3 is 2.67 bits per heavy atom. The van der Waals surface area contributed by atoms with E-state index in [-0.39, 0.29) is 12.1 Å². The second-order valence-electron chi connectivity index (χ2n) is 9.31. The number of sulfonamides is 1. The van der Waals surface area contributed by atoms with Crippen molar-refractivity contribution in [1.29, 1.82) is 0 Å². The zero-order valence-electron chi connectivity index (χ0n) is 19.7. The molecule has 1 aliphatic heterocycles. The summed E-state index contributed by atoms with van der Waals surface area (Å²) < 4.78 is 36.3. The lowest BCUT2D eigenvalue weighted by Crippen LogP contribution is -2.55. The Morgan fingerprint density at radius 2 is 2.00 bits per heavy atom. The van der Waals surface area contributed by atoms with Crippen LogP contribution in [0.4, 0.5) is 4.79 Å². The zero-order chi connectivity index (χ0) is 24.1. The van der Waals surface area contributed by atoms with Crippen molar-refractivity contribution in [2.75, 3.05) is 26.0 Å². The highest BCUT2D eigenvalue weighted by Crippen LogP contribution is 2.26. The summed E-state index contributed by atoms with van der Waals surface area (Å²) in [6.45, 7) is 7.04. The minimum absolute atomic E-state index is 0.00706. The molecule has 0 saturated carbocycles.